The zero-order valence-corrected chi connectivity index (χ0v) is 19.5. The van der Waals surface area contributed by atoms with E-state index in [9.17, 15) is 14.4 Å². The van der Waals surface area contributed by atoms with E-state index in [0.29, 0.717) is 38.1 Å². The highest BCUT2D eigenvalue weighted by molar-refractivity contribution is 7.99. The van der Waals surface area contributed by atoms with E-state index < -0.39 is 0 Å². The largest absolute Gasteiger partial charge is 0.495 e. The lowest BCUT2D eigenvalue weighted by molar-refractivity contribution is -0.113. The van der Waals surface area contributed by atoms with Gasteiger partial charge < -0.3 is 15.4 Å². The van der Waals surface area contributed by atoms with E-state index in [1.165, 1.54) is 34.8 Å². The van der Waals surface area contributed by atoms with Crippen molar-refractivity contribution in [3.63, 3.8) is 0 Å². The smallest absolute Gasteiger partial charge is 0.262 e. The molecule has 0 bridgehead atoms. The van der Waals surface area contributed by atoms with Crippen molar-refractivity contribution in [2.45, 2.75) is 5.16 Å². The van der Waals surface area contributed by atoms with E-state index in [-0.39, 0.29) is 23.1 Å². The summed E-state index contributed by atoms with van der Waals surface area (Å²) >= 11 is 2.58. The zero-order valence-electron chi connectivity index (χ0n) is 17.8. The number of fused-ring (bicyclic) bond motifs is 1. The highest BCUT2D eigenvalue weighted by Crippen LogP contribution is 2.24. The van der Waals surface area contributed by atoms with Gasteiger partial charge in [-0.15, -0.1) is 11.3 Å². The topological polar surface area (TPSA) is 102 Å². The first-order valence-corrected chi connectivity index (χ1v) is 11.7. The van der Waals surface area contributed by atoms with Crippen LogP contribution in [0.5, 0.6) is 5.75 Å². The normalized spacial score (nSPS) is 10.7. The Balaban J connectivity index is 1.36. The Bertz CT molecular complexity index is 1380. The van der Waals surface area contributed by atoms with Crippen LogP contribution >= 0.6 is 23.1 Å². The highest BCUT2D eigenvalue weighted by Gasteiger charge is 2.13. The number of hydrogen-bond acceptors (Lipinski definition) is 7. The van der Waals surface area contributed by atoms with Gasteiger partial charge >= 0.3 is 0 Å². The molecule has 0 aliphatic carbocycles. The average molecular weight is 481 g/mol. The second-order valence-electron chi connectivity index (χ2n) is 6.97. The quantitative estimate of drug-likeness (QED) is 0.306. The van der Waals surface area contributed by atoms with Crippen LogP contribution < -0.4 is 20.9 Å². The summed E-state index contributed by atoms with van der Waals surface area (Å²) in [6, 6.07) is 15.5. The Labute approximate surface area is 197 Å². The monoisotopic (exact) mass is 480 g/mol. The molecule has 10 heteroatoms. The molecule has 8 nitrogen and oxygen atoms in total. The van der Waals surface area contributed by atoms with Crippen molar-refractivity contribution in [2.24, 2.45) is 7.05 Å². The number of methoxy groups -OCH3 is 1. The van der Waals surface area contributed by atoms with Crippen molar-refractivity contribution in [1.82, 2.24) is 9.55 Å². The number of para-hydroxylation sites is 2. The number of nitrogens with one attached hydrogen (secondary N) is 2. The highest BCUT2D eigenvalue weighted by atomic mass is 32.2. The first-order valence-electron chi connectivity index (χ1n) is 9.87. The number of hydrogen-bond donors (Lipinski definition) is 2. The first-order chi connectivity index (χ1) is 16.0. The molecular weight excluding hydrogens is 460 g/mol. The van der Waals surface area contributed by atoms with Gasteiger partial charge in [-0.05, 0) is 47.8 Å². The van der Waals surface area contributed by atoms with Gasteiger partial charge in [0.15, 0.2) is 5.16 Å². The second-order valence-corrected chi connectivity index (χ2v) is 8.80. The summed E-state index contributed by atoms with van der Waals surface area (Å²) in [5.41, 5.74) is 1.44. The van der Waals surface area contributed by atoms with Crippen molar-refractivity contribution in [3.8, 4) is 5.75 Å². The van der Waals surface area contributed by atoms with Crippen LogP contribution in [0.2, 0.25) is 0 Å². The third kappa shape index (κ3) is 5.07. The van der Waals surface area contributed by atoms with Gasteiger partial charge in [0.2, 0.25) is 5.91 Å². The van der Waals surface area contributed by atoms with Crippen LogP contribution in [-0.2, 0) is 11.8 Å². The standard InChI is InChI=1S/C23H20N4O4S2/c1-27-22(30)16-11-12-32-21(16)26-23(27)33-13-19(28)24-15-9-7-14(8-10-15)20(29)25-17-5-3-4-6-18(17)31-2/h3-12H,13H2,1-2H3,(H,24,28)(H,25,29). The molecule has 0 aliphatic rings. The Hall–Kier alpha value is -3.63. The number of rotatable bonds is 7. The zero-order chi connectivity index (χ0) is 23.4. The number of thiophene rings is 1. The summed E-state index contributed by atoms with van der Waals surface area (Å²) in [6.07, 6.45) is 0. The minimum Gasteiger partial charge on any atom is -0.495 e. The molecule has 0 spiro atoms. The maximum Gasteiger partial charge on any atom is 0.262 e. The predicted molar refractivity (Wildman–Crippen MR) is 132 cm³/mol. The fourth-order valence-electron chi connectivity index (χ4n) is 3.08. The van der Waals surface area contributed by atoms with Gasteiger partial charge in [0.1, 0.15) is 10.6 Å². The molecule has 0 saturated carbocycles. The van der Waals surface area contributed by atoms with Crippen LogP contribution in [0.15, 0.2) is 69.9 Å². The van der Waals surface area contributed by atoms with E-state index in [1.807, 2.05) is 11.4 Å². The van der Waals surface area contributed by atoms with Gasteiger partial charge in [-0.3, -0.25) is 19.0 Å². The average Bonchev–Trinajstić information content (AvgIpc) is 3.30. The molecule has 2 N–H and O–H groups in total. The third-order valence-corrected chi connectivity index (χ3v) is 6.62. The molecule has 2 aromatic heterocycles. The number of carbonyl (C=O) groups excluding carboxylic acids is 2. The molecule has 0 atom stereocenters. The molecule has 2 aromatic carbocycles. The molecule has 0 radical (unpaired) electrons. The lowest BCUT2D eigenvalue weighted by atomic mass is 10.2. The molecule has 0 aliphatic heterocycles. The van der Waals surface area contributed by atoms with Gasteiger partial charge in [0, 0.05) is 18.3 Å². The molecule has 2 amide bonds. The molecule has 2 heterocycles. The first kappa shape index (κ1) is 22.6. The van der Waals surface area contributed by atoms with Crippen LogP contribution in [0.25, 0.3) is 10.2 Å². The number of aromatic nitrogens is 2. The summed E-state index contributed by atoms with van der Waals surface area (Å²) < 4.78 is 6.69. The number of ether oxygens (including phenoxy) is 1. The molecule has 168 valence electrons. The van der Waals surface area contributed by atoms with Gasteiger partial charge in [0.05, 0.1) is 23.9 Å². The van der Waals surface area contributed by atoms with Crippen LogP contribution in [0.3, 0.4) is 0 Å². The number of carbonyl (C=O) groups is 2. The molecule has 0 fully saturated rings. The Morgan fingerprint density at radius 3 is 2.61 bits per heavy atom. The van der Waals surface area contributed by atoms with E-state index in [0.717, 1.165) is 0 Å². The minimum atomic E-state index is -0.288. The van der Waals surface area contributed by atoms with E-state index >= 15 is 0 Å². The van der Waals surface area contributed by atoms with E-state index in [2.05, 4.69) is 15.6 Å². The molecule has 0 unspecified atom stereocenters. The summed E-state index contributed by atoms with van der Waals surface area (Å²) in [4.78, 5) is 42.4. The van der Waals surface area contributed by atoms with Crippen molar-refractivity contribution in [3.05, 3.63) is 75.9 Å². The fourth-order valence-corrected chi connectivity index (χ4v) is 4.66. The Kier molecular flexibility index (Phi) is 6.76. The van der Waals surface area contributed by atoms with Crippen molar-refractivity contribution >= 4 is 56.5 Å². The van der Waals surface area contributed by atoms with Crippen molar-refractivity contribution in [1.29, 1.82) is 0 Å². The summed E-state index contributed by atoms with van der Waals surface area (Å²) in [5.74, 6) is 0.126. The Morgan fingerprint density at radius 2 is 1.85 bits per heavy atom. The SMILES string of the molecule is COc1ccccc1NC(=O)c1ccc(NC(=O)CSc2nc3sccc3c(=O)n2C)cc1. The number of benzene rings is 2. The van der Waals surface area contributed by atoms with Gasteiger partial charge in [-0.2, -0.15) is 0 Å². The van der Waals surface area contributed by atoms with E-state index in [1.54, 1.807) is 55.6 Å². The minimum absolute atomic E-state index is 0.0905. The van der Waals surface area contributed by atoms with E-state index in [4.69, 9.17) is 4.74 Å². The van der Waals surface area contributed by atoms with Crippen molar-refractivity contribution in [2.75, 3.05) is 23.5 Å². The van der Waals surface area contributed by atoms with Crippen molar-refractivity contribution < 1.29 is 14.3 Å². The Morgan fingerprint density at radius 1 is 1.09 bits per heavy atom. The number of anilines is 2. The van der Waals surface area contributed by atoms with Gasteiger partial charge in [-0.1, -0.05) is 23.9 Å². The third-order valence-electron chi connectivity index (χ3n) is 4.78. The summed E-state index contributed by atoms with van der Waals surface area (Å²) in [7, 11) is 3.18. The molecule has 4 rings (SSSR count). The van der Waals surface area contributed by atoms with Crippen LogP contribution in [0.4, 0.5) is 11.4 Å². The number of nitrogens with zero attached hydrogens (tertiary/aromatic N) is 2. The maximum absolute atomic E-state index is 12.5. The lowest BCUT2D eigenvalue weighted by Gasteiger charge is -2.10. The van der Waals surface area contributed by atoms with Crippen LogP contribution in [0, 0.1) is 0 Å². The fraction of sp³-hybridized carbons (Fsp3) is 0.130. The molecule has 4 aromatic rings. The second kappa shape index (κ2) is 9.88. The summed E-state index contributed by atoms with van der Waals surface area (Å²) in [6.45, 7) is 0. The van der Waals surface area contributed by atoms with Crippen LogP contribution in [0.1, 0.15) is 10.4 Å². The van der Waals surface area contributed by atoms with Gasteiger partial charge in [0.25, 0.3) is 11.5 Å². The number of amides is 2. The maximum atomic E-state index is 12.5. The molecule has 33 heavy (non-hydrogen) atoms. The van der Waals surface area contributed by atoms with Gasteiger partial charge in [-0.25, -0.2) is 4.98 Å². The predicted octanol–water partition coefficient (Wildman–Crippen LogP) is 3.99. The molecule has 0 saturated heterocycles. The summed E-state index contributed by atoms with van der Waals surface area (Å²) in [5, 5.41) is 8.47. The van der Waals surface area contributed by atoms with Crippen LogP contribution in [-0.4, -0.2) is 34.2 Å². The number of thioether (sulfide) groups is 1. The molecular formula is C23H20N4O4S2. The lowest BCUT2D eigenvalue weighted by Crippen LogP contribution is -2.20.